The molecule has 0 amide bonds. The van der Waals surface area contributed by atoms with Crippen LogP contribution in [0, 0.1) is 0 Å². The summed E-state index contributed by atoms with van der Waals surface area (Å²) < 4.78 is 0. The Labute approximate surface area is 103 Å². The summed E-state index contributed by atoms with van der Waals surface area (Å²) in [5, 5.41) is 19.7. The highest BCUT2D eigenvalue weighted by Crippen LogP contribution is 2.38. The zero-order valence-corrected chi connectivity index (χ0v) is 10.7. The van der Waals surface area contributed by atoms with E-state index in [2.05, 4.69) is 25.7 Å². The Bertz CT molecular complexity index is 397. The normalized spacial score (nSPS) is 26.4. The van der Waals surface area contributed by atoms with Gasteiger partial charge in [-0.25, -0.2) is 0 Å². The highest BCUT2D eigenvalue weighted by molar-refractivity contribution is 5.31. The van der Waals surface area contributed by atoms with Crippen LogP contribution in [0.4, 0.5) is 0 Å². The summed E-state index contributed by atoms with van der Waals surface area (Å²) in [6.07, 6.45) is 0.438. The molecule has 2 N–H and O–H groups in total. The molecular weight excluding hydrogens is 214 g/mol. The number of likely N-dealkylation sites (tertiary alicyclic amines) is 1. The van der Waals surface area contributed by atoms with Gasteiger partial charge in [-0.15, -0.1) is 0 Å². The Hall–Kier alpha value is -1.06. The van der Waals surface area contributed by atoms with Crippen molar-refractivity contribution >= 4 is 0 Å². The molecule has 2 atom stereocenters. The van der Waals surface area contributed by atoms with Crippen LogP contribution in [-0.2, 0) is 0 Å². The average molecular weight is 235 g/mol. The maximum Gasteiger partial charge on any atom is 0.115 e. The first-order valence-electron chi connectivity index (χ1n) is 6.13. The molecule has 0 saturated carbocycles. The minimum atomic E-state index is -0.351. The molecule has 0 aromatic heterocycles. The number of phenolic OH excluding ortho intramolecular Hbond substituents is 1. The highest BCUT2D eigenvalue weighted by atomic mass is 16.3. The van der Waals surface area contributed by atoms with E-state index in [1.807, 2.05) is 12.1 Å². The largest absolute Gasteiger partial charge is 0.508 e. The third-order valence-corrected chi connectivity index (χ3v) is 3.44. The number of aromatic hydroxyl groups is 1. The molecule has 3 nitrogen and oxygen atoms in total. The molecule has 0 spiro atoms. The fraction of sp³-hybridized carbons (Fsp3) is 0.571. The highest BCUT2D eigenvalue weighted by Gasteiger charge is 2.39. The van der Waals surface area contributed by atoms with Gasteiger partial charge < -0.3 is 10.2 Å². The lowest BCUT2D eigenvalue weighted by molar-refractivity contribution is 0.0635. The zero-order chi connectivity index (χ0) is 12.6. The zero-order valence-electron chi connectivity index (χ0n) is 10.7. The first-order chi connectivity index (χ1) is 7.89. The van der Waals surface area contributed by atoms with E-state index >= 15 is 0 Å². The number of aliphatic hydroxyl groups excluding tert-OH is 1. The van der Waals surface area contributed by atoms with Crippen molar-refractivity contribution in [2.24, 2.45) is 0 Å². The monoisotopic (exact) mass is 235 g/mol. The summed E-state index contributed by atoms with van der Waals surface area (Å²) in [6, 6.07) is 7.19. The first kappa shape index (κ1) is 12.4. The molecule has 0 bridgehead atoms. The number of rotatable bonds is 1. The van der Waals surface area contributed by atoms with Crippen molar-refractivity contribution in [2.45, 2.75) is 44.9 Å². The molecule has 2 rings (SSSR count). The molecule has 3 heteroatoms. The molecule has 0 radical (unpaired) electrons. The van der Waals surface area contributed by atoms with Gasteiger partial charge in [-0.2, -0.15) is 0 Å². The Morgan fingerprint density at radius 2 is 2.00 bits per heavy atom. The number of hydrogen-bond acceptors (Lipinski definition) is 3. The van der Waals surface area contributed by atoms with Crippen LogP contribution < -0.4 is 0 Å². The van der Waals surface area contributed by atoms with E-state index in [4.69, 9.17) is 0 Å². The summed E-state index contributed by atoms with van der Waals surface area (Å²) in [5.74, 6) is 0.260. The summed E-state index contributed by atoms with van der Waals surface area (Å²) in [5.41, 5.74) is 1.01. The van der Waals surface area contributed by atoms with Crippen LogP contribution in [0.5, 0.6) is 5.75 Å². The van der Waals surface area contributed by atoms with Gasteiger partial charge in [0.2, 0.25) is 0 Å². The topological polar surface area (TPSA) is 43.7 Å². The summed E-state index contributed by atoms with van der Waals surface area (Å²) in [6.45, 7) is 7.35. The first-order valence-corrected chi connectivity index (χ1v) is 6.13. The minimum Gasteiger partial charge on any atom is -0.508 e. The van der Waals surface area contributed by atoms with Gasteiger partial charge in [-0.1, -0.05) is 12.1 Å². The third-order valence-electron chi connectivity index (χ3n) is 3.44. The van der Waals surface area contributed by atoms with Crippen molar-refractivity contribution < 1.29 is 10.2 Å². The van der Waals surface area contributed by atoms with E-state index in [9.17, 15) is 10.2 Å². The third kappa shape index (κ3) is 2.45. The van der Waals surface area contributed by atoms with Crippen LogP contribution in [0.3, 0.4) is 0 Å². The smallest absolute Gasteiger partial charge is 0.115 e. The van der Waals surface area contributed by atoms with Crippen LogP contribution in [0.1, 0.15) is 38.8 Å². The van der Waals surface area contributed by atoms with Gasteiger partial charge in [-0.05, 0) is 44.9 Å². The van der Waals surface area contributed by atoms with Crippen LogP contribution >= 0.6 is 0 Å². The van der Waals surface area contributed by atoms with Gasteiger partial charge in [0, 0.05) is 12.1 Å². The molecule has 17 heavy (non-hydrogen) atoms. The number of nitrogens with zero attached hydrogens (tertiary/aromatic N) is 1. The van der Waals surface area contributed by atoms with Crippen molar-refractivity contribution in [2.75, 3.05) is 6.54 Å². The van der Waals surface area contributed by atoms with Crippen molar-refractivity contribution in [3.8, 4) is 5.75 Å². The second-order valence-corrected chi connectivity index (χ2v) is 5.76. The molecule has 94 valence electrons. The molecule has 1 aromatic carbocycles. The summed E-state index contributed by atoms with van der Waals surface area (Å²) in [4.78, 5) is 2.30. The fourth-order valence-electron chi connectivity index (χ4n) is 2.64. The van der Waals surface area contributed by atoms with Gasteiger partial charge in [-0.3, -0.25) is 4.90 Å². The SMILES string of the molecule is CC(C)(C)N1CCC(O)C1c1cccc(O)c1. The molecule has 1 aromatic rings. The van der Waals surface area contributed by atoms with E-state index in [0.717, 1.165) is 18.5 Å². The average Bonchev–Trinajstić information content (AvgIpc) is 2.59. The number of hydrogen-bond donors (Lipinski definition) is 2. The van der Waals surface area contributed by atoms with E-state index < -0.39 is 0 Å². The maximum atomic E-state index is 10.1. The molecule has 2 unspecified atom stereocenters. The quantitative estimate of drug-likeness (QED) is 0.785. The predicted molar refractivity (Wildman–Crippen MR) is 67.9 cm³/mol. The van der Waals surface area contributed by atoms with Crippen molar-refractivity contribution in [3.63, 3.8) is 0 Å². The Kier molecular flexibility index (Phi) is 3.15. The second kappa shape index (κ2) is 4.31. The maximum absolute atomic E-state index is 10.1. The van der Waals surface area contributed by atoms with E-state index in [-0.39, 0.29) is 23.4 Å². The molecular formula is C14H21NO2. The molecule has 1 aliphatic rings. The molecule has 0 aliphatic carbocycles. The lowest BCUT2D eigenvalue weighted by Crippen LogP contribution is -2.42. The number of phenols is 1. The molecule has 1 saturated heterocycles. The van der Waals surface area contributed by atoms with Gasteiger partial charge in [0.25, 0.3) is 0 Å². The number of aliphatic hydroxyl groups is 1. The summed E-state index contributed by atoms with van der Waals surface area (Å²) >= 11 is 0. The second-order valence-electron chi connectivity index (χ2n) is 5.76. The van der Waals surface area contributed by atoms with E-state index in [1.165, 1.54) is 0 Å². The van der Waals surface area contributed by atoms with Crippen molar-refractivity contribution in [1.29, 1.82) is 0 Å². The van der Waals surface area contributed by atoms with Crippen LogP contribution in [-0.4, -0.2) is 33.3 Å². The van der Waals surface area contributed by atoms with Gasteiger partial charge in [0.05, 0.1) is 12.1 Å². The Morgan fingerprint density at radius 1 is 1.29 bits per heavy atom. The van der Waals surface area contributed by atoms with Gasteiger partial charge in [0.15, 0.2) is 0 Å². The van der Waals surface area contributed by atoms with Gasteiger partial charge in [0.1, 0.15) is 5.75 Å². The van der Waals surface area contributed by atoms with Crippen LogP contribution in [0.15, 0.2) is 24.3 Å². The standard InChI is InChI=1S/C14H21NO2/c1-14(2,3)15-8-7-12(17)13(15)10-5-4-6-11(16)9-10/h4-6,9,12-13,16-17H,7-8H2,1-3H3. The lowest BCUT2D eigenvalue weighted by Gasteiger charge is -2.37. The van der Waals surface area contributed by atoms with E-state index in [0.29, 0.717) is 0 Å². The lowest BCUT2D eigenvalue weighted by atomic mass is 9.98. The molecule has 1 fully saturated rings. The van der Waals surface area contributed by atoms with Gasteiger partial charge >= 0.3 is 0 Å². The predicted octanol–water partition coefficient (Wildman–Crippen LogP) is 2.30. The Balaban J connectivity index is 2.34. The van der Waals surface area contributed by atoms with Crippen LogP contribution in [0.25, 0.3) is 0 Å². The van der Waals surface area contributed by atoms with E-state index in [1.54, 1.807) is 12.1 Å². The van der Waals surface area contributed by atoms with Crippen molar-refractivity contribution in [1.82, 2.24) is 4.90 Å². The molecule has 1 heterocycles. The van der Waals surface area contributed by atoms with Crippen LogP contribution in [0.2, 0.25) is 0 Å². The number of benzene rings is 1. The fourth-order valence-corrected chi connectivity index (χ4v) is 2.64. The minimum absolute atomic E-state index is 0.0119. The summed E-state index contributed by atoms with van der Waals surface area (Å²) in [7, 11) is 0. The Morgan fingerprint density at radius 3 is 2.59 bits per heavy atom. The molecule has 1 aliphatic heterocycles. The van der Waals surface area contributed by atoms with Crippen molar-refractivity contribution in [3.05, 3.63) is 29.8 Å².